The summed E-state index contributed by atoms with van der Waals surface area (Å²) in [4.78, 5) is 12.7. The molecule has 3 nitrogen and oxygen atoms in total. The van der Waals surface area contributed by atoms with Crippen LogP contribution in [0.4, 0.5) is 0 Å². The van der Waals surface area contributed by atoms with Crippen LogP contribution in [0.1, 0.15) is 60.0 Å². The number of thiophene rings is 1. The number of hydrogen-bond donors (Lipinski definition) is 1. The van der Waals surface area contributed by atoms with E-state index in [0.29, 0.717) is 17.2 Å². The summed E-state index contributed by atoms with van der Waals surface area (Å²) < 4.78 is 6.23. The summed E-state index contributed by atoms with van der Waals surface area (Å²) in [6.45, 7) is 8.54. The zero-order valence-corrected chi connectivity index (χ0v) is 17.2. The van der Waals surface area contributed by atoms with E-state index >= 15 is 0 Å². The molecule has 0 amide bonds. The Kier molecular flexibility index (Phi) is 5.56. The Bertz CT molecular complexity index is 967. The first-order valence-corrected chi connectivity index (χ1v) is 10.3. The minimum atomic E-state index is -0.258. The molecule has 0 spiro atoms. The zero-order valence-electron chi connectivity index (χ0n) is 16.3. The number of carbonyl (C=O) groups excluding carboxylic acids is 1. The molecular formula is C23H26O3S. The molecule has 4 heteroatoms. The van der Waals surface area contributed by atoms with E-state index < -0.39 is 0 Å². The molecule has 1 aromatic heterocycles. The SMILES string of the molecule is CCOC(=O)c1cc2ccc(C(CC)(CC)c3ccc(O)c(C)c3)cc2s1. The molecule has 0 aliphatic carbocycles. The van der Waals surface area contributed by atoms with E-state index in [1.165, 1.54) is 22.5 Å². The van der Waals surface area contributed by atoms with Gasteiger partial charge in [-0.2, -0.15) is 0 Å². The summed E-state index contributed by atoms with van der Waals surface area (Å²) in [5.41, 5.74) is 3.22. The van der Waals surface area contributed by atoms with Crippen molar-refractivity contribution in [3.63, 3.8) is 0 Å². The van der Waals surface area contributed by atoms with Crippen molar-refractivity contribution < 1.29 is 14.6 Å². The van der Waals surface area contributed by atoms with Gasteiger partial charge in [-0.15, -0.1) is 11.3 Å². The number of benzene rings is 2. The lowest BCUT2D eigenvalue weighted by molar-refractivity contribution is 0.0532. The van der Waals surface area contributed by atoms with E-state index in [1.807, 2.05) is 26.0 Å². The van der Waals surface area contributed by atoms with Gasteiger partial charge >= 0.3 is 5.97 Å². The predicted molar refractivity (Wildman–Crippen MR) is 112 cm³/mol. The van der Waals surface area contributed by atoms with E-state index in [1.54, 1.807) is 6.07 Å². The van der Waals surface area contributed by atoms with Gasteiger partial charge in [0.15, 0.2) is 0 Å². The molecule has 3 aromatic rings. The minimum absolute atomic E-state index is 0.124. The van der Waals surface area contributed by atoms with Gasteiger partial charge in [-0.3, -0.25) is 0 Å². The quantitative estimate of drug-likeness (QED) is 0.516. The molecule has 0 saturated heterocycles. The maximum Gasteiger partial charge on any atom is 0.348 e. The standard InChI is InChI=1S/C23H26O3S/c1-5-23(6-2,17-10-11-19(24)15(4)12-17)18-9-8-16-13-21(22(25)26-7-3)27-20(16)14-18/h8-14,24H,5-7H2,1-4H3. The Balaban J connectivity index is 2.11. The van der Waals surface area contributed by atoms with Crippen molar-refractivity contribution in [1.29, 1.82) is 0 Å². The number of ether oxygens (including phenoxy) is 1. The summed E-state index contributed by atoms with van der Waals surface area (Å²) in [5.74, 6) is 0.0688. The van der Waals surface area contributed by atoms with Gasteiger partial charge in [0.25, 0.3) is 0 Å². The second-order valence-electron chi connectivity index (χ2n) is 6.87. The van der Waals surface area contributed by atoms with Crippen LogP contribution in [-0.2, 0) is 10.2 Å². The summed E-state index contributed by atoms with van der Waals surface area (Å²) >= 11 is 1.48. The maximum absolute atomic E-state index is 12.1. The first kappa shape index (κ1) is 19.4. The van der Waals surface area contributed by atoms with Crippen LogP contribution >= 0.6 is 11.3 Å². The highest BCUT2D eigenvalue weighted by Crippen LogP contribution is 2.42. The van der Waals surface area contributed by atoms with E-state index in [0.717, 1.165) is 28.5 Å². The van der Waals surface area contributed by atoms with Crippen molar-refractivity contribution in [3.8, 4) is 5.75 Å². The molecule has 1 heterocycles. The van der Waals surface area contributed by atoms with Gasteiger partial charge in [-0.05, 0) is 67.0 Å². The molecule has 0 aliphatic heterocycles. The van der Waals surface area contributed by atoms with Gasteiger partial charge < -0.3 is 9.84 Å². The monoisotopic (exact) mass is 382 g/mol. The smallest absolute Gasteiger partial charge is 0.348 e. The van der Waals surface area contributed by atoms with Crippen molar-refractivity contribution in [2.75, 3.05) is 6.61 Å². The highest BCUT2D eigenvalue weighted by Gasteiger charge is 2.31. The molecule has 0 atom stereocenters. The van der Waals surface area contributed by atoms with Crippen LogP contribution in [-0.4, -0.2) is 17.7 Å². The molecule has 0 bridgehead atoms. The van der Waals surface area contributed by atoms with E-state index in [2.05, 4.69) is 38.1 Å². The van der Waals surface area contributed by atoms with Crippen LogP contribution < -0.4 is 0 Å². The maximum atomic E-state index is 12.1. The van der Waals surface area contributed by atoms with Gasteiger partial charge in [-0.1, -0.05) is 38.1 Å². The van der Waals surface area contributed by atoms with Crippen LogP contribution in [0.3, 0.4) is 0 Å². The fourth-order valence-electron chi connectivity index (χ4n) is 3.82. The third kappa shape index (κ3) is 3.46. The Morgan fingerprint density at radius 2 is 1.70 bits per heavy atom. The zero-order chi connectivity index (χ0) is 19.6. The Morgan fingerprint density at radius 1 is 1.04 bits per heavy atom. The number of phenols is 1. The Morgan fingerprint density at radius 3 is 2.33 bits per heavy atom. The van der Waals surface area contributed by atoms with Crippen LogP contribution in [0, 0.1) is 6.92 Å². The molecule has 0 fully saturated rings. The van der Waals surface area contributed by atoms with Crippen LogP contribution in [0.15, 0.2) is 42.5 Å². The molecule has 0 unspecified atom stereocenters. The summed E-state index contributed by atoms with van der Waals surface area (Å²) in [6, 6.07) is 14.3. The fraction of sp³-hybridized carbons (Fsp3) is 0.348. The number of aryl methyl sites for hydroxylation is 1. The summed E-state index contributed by atoms with van der Waals surface area (Å²) in [6.07, 6.45) is 1.91. The number of esters is 1. The van der Waals surface area contributed by atoms with Crippen molar-refractivity contribution in [2.45, 2.75) is 46.0 Å². The third-order valence-corrected chi connectivity index (χ3v) is 6.58. The minimum Gasteiger partial charge on any atom is -0.508 e. The van der Waals surface area contributed by atoms with Crippen molar-refractivity contribution in [2.24, 2.45) is 0 Å². The second-order valence-corrected chi connectivity index (χ2v) is 7.96. The molecule has 0 radical (unpaired) electrons. The number of hydrogen-bond acceptors (Lipinski definition) is 4. The third-order valence-electron chi connectivity index (χ3n) is 5.51. The lowest BCUT2D eigenvalue weighted by Crippen LogP contribution is -2.26. The van der Waals surface area contributed by atoms with Gasteiger partial charge in [0, 0.05) is 10.1 Å². The second kappa shape index (κ2) is 7.73. The molecule has 0 aliphatic rings. The van der Waals surface area contributed by atoms with E-state index in [9.17, 15) is 9.90 Å². The van der Waals surface area contributed by atoms with Crippen molar-refractivity contribution in [1.82, 2.24) is 0 Å². The number of rotatable bonds is 6. The average molecular weight is 383 g/mol. The highest BCUT2D eigenvalue weighted by molar-refractivity contribution is 7.20. The Hall–Kier alpha value is -2.33. The highest BCUT2D eigenvalue weighted by atomic mass is 32.1. The first-order chi connectivity index (χ1) is 12.9. The number of aromatic hydroxyl groups is 1. The van der Waals surface area contributed by atoms with Gasteiger partial charge in [0.1, 0.15) is 10.6 Å². The van der Waals surface area contributed by atoms with Crippen molar-refractivity contribution >= 4 is 27.4 Å². The van der Waals surface area contributed by atoms with Gasteiger partial charge in [0.05, 0.1) is 6.61 Å². The average Bonchev–Trinajstić information content (AvgIpc) is 3.10. The normalized spacial score (nSPS) is 11.7. The van der Waals surface area contributed by atoms with E-state index in [-0.39, 0.29) is 11.4 Å². The lowest BCUT2D eigenvalue weighted by atomic mass is 9.70. The number of carbonyl (C=O) groups is 1. The van der Waals surface area contributed by atoms with Crippen LogP contribution in [0.5, 0.6) is 5.75 Å². The fourth-order valence-corrected chi connectivity index (χ4v) is 4.81. The predicted octanol–water partition coefficient (Wildman–Crippen LogP) is 6.20. The molecule has 0 saturated carbocycles. The van der Waals surface area contributed by atoms with Gasteiger partial charge in [-0.25, -0.2) is 4.79 Å². The molecule has 142 valence electrons. The van der Waals surface area contributed by atoms with Gasteiger partial charge in [0.2, 0.25) is 0 Å². The summed E-state index contributed by atoms with van der Waals surface area (Å²) in [7, 11) is 0. The Labute approximate surface area is 164 Å². The topological polar surface area (TPSA) is 46.5 Å². The summed E-state index contributed by atoms with van der Waals surface area (Å²) in [5, 5.41) is 11.0. The molecule has 2 aromatic carbocycles. The van der Waals surface area contributed by atoms with Crippen LogP contribution in [0.2, 0.25) is 0 Å². The largest absolute Gasteiger partial charge is 0.508 e. The van der Waals surface area contributed by atoms with E-state index in [4.69, 9.17) is 4.74 Å². The lowest BCUT2D eigenvalue weighted by Gasteiger charge is -2.33. The molecular weight excluding hydrogens is 356 g/mol. The van der Waals surface area contributed by atoms with Crippen molar-refractivity contribution in [3.05, 3.63) is 64.0 Å². The molecule has 1 N–H and O–H groups in total. The van der Waals surface area contributed by atoms with Crippen LogP contribution in [0.25, 0.3) is 10.1 Å². The molecule has 3 rings (SSSR count). The number of phenolic OH excluding ortho intramolecular Hbond substituents is 1. The molecule has 27 heavy (non-hydrogen) atoms. The number of fused-ring (bicyclic) bond motifs is 1. The first-order valence-electron chi connectivity index (χ1n) is 9.46.